The maximum atomic E-state index is 12.9. The van der Waals surface area contributed by atoms with Gasteiger partial charge in [-0.1, -0.05) is 24.3 Å². The topological polar surface area (TPSA) is 66.5 Å². The molecule has 28 heavy (non-hydrogen) atoms. The minimum atomic E-state index is -3.55. The summed E-state index contributed by atoms with van der Waals surface area (Å²) in [5.41, 5.74) is 4.56. The van der Waals surface area contributed by atoms with Crippen molar-refractivity contribution in [3.8, 4) is 0 Å². The third-order valence-corrected chi connectivity index (χ3v) is 7.43. The van der Waals surface area contributed by atoms with Crippen LogP contribution in [0.25, 0.3) is 0 Å². The predicted molar refractivity (Wildman–Crippen MR) is 111 cm³/mol. The molecule has 3 rings (SSSR count). The summed E-state index contributed by atoms with van der Waals surface area (Å²) in [6.07, 6.45) is 1.76. The summed E-state index contributed by atoms with van der Waals surface area (Å²) in [5.74, 6) is -0.262. The van der Waals surface area contributed by atoms with Gasteiger partial charge >= 0.3 is 0 Å². The van der Waals surface area contributed by atoms with E-state index in [0.717, 1.165) is 24.0 Å². The molecule has 0 radical (unpaired) electrons. The summed E-state index contributed by atoms with van der Waals surface area (Å²) in [7, 11) is -3.55. The first-order valence-corrected chi connectivity index (χ1v) is 11.1. The van der Waals surface area contributed by atoms with E-state index in [4.69, 9.17) is 0 Å². The Hall–Kier alpha value is -2.18. The summed E-state index contributed by atoms with van der Waals surface area (Å²) in [4.78, 5) is 13.1. The molecule has 1 aliphatic rings. The molecule has 150 valence electrons. The van der Waals surface area contributed by atoms with Gasteiger partial charge in [0.05, 0.1) is 10.9 Å². The lowest BCUT2D eigenvalue weighted by molar-refractivity contribution is 0.0939. The largest absolute Gasteiger partial charge is 0.346 e. The highest BCUT2D eigenvalue weighted by Gasteiger charge is 2.28. The first-order chi connectivity index (χ1) is 13.2. The fraction of sp³-hybridized carbons (Fsp3) is 0.409. The van der Waals surface area contributed by atoms with E-state index >= 15 is 0 Å². The summed E-state index contributed by atoms with van der Waals surface area (Å²) in [6.45, 7) is 8.94. The molecule has 0 bridgehead atoms. The van der Waals surface area contributed by atoms with Gasteiger partial charge in [0, 0.05) is 18.7 Å². The number of hydrogen-bond donors (Lipinski definition) is 1. The molecule has 1 amide bonds. The maximum Gasteiger partial charge on any atom is 0.252 e. The van der Waals surface area contributed by atoms with Gasteiger partial charge in [0.25, 0.3) is 5.91 Å². The monoisotopic (exact) mass is 400 g/mol. The zero-order valence-electron chi connectivity index (χ0n) is 17.0. The second kappa shape index (κ2) is 8.05. The van der Waals surface area contributed by atoms with Gasteiger partial charge in [-0.3, -0.25) is 4.79 Å². The van der Waals surface area contributed by atoms with Crippen molar-refractivity contribution < 1.29 is 13.2 Å². The fourth-order valence-electron chi connectivity index (χ4n) is 3.48. The van der Waals surface area contributed by atoms with Crippen LogP contribution in [0.1, 0.15) is 58.4 Å². The molecule has 0 saturated carbocycles. The number of nitrogens with zero attached hydrogens (tertiary/aromatic N) is 1. The summed E-state index contributed by atoms with van der Waals surface area (Å²) in [6, 6.07) is 10.7. The normalized spacial score (nSPS) is 16.1. The number of sulfonamides is 1. The number of aryl methyl sites for hydroxylation is 3. The molecule has 1 N–H and O–H groups in total. The molecule has 2 aromatic rings. The third-order valence-electron chi connectivity index (χ3n) is 5.54. The SMILES string of the molecule is Cc1ccc([C@@H](C)NC(=O)c2cc(S(=O)(=O)N3CCCC3)ccc2C)cc1C. The van der Waals surface area contributed by atoms with Crippen molar-refractivity contribution in [2.45, 2.75) is 51.5 Å². The zero-order valence-corrected chi connectivity index (χ0v) is 17.8. The number of hydrogen-bond acceptors (Lipinski definition) is 3. The van der Waals surface area contributed by atoms with Gasteiger partial charge in [-0.2, -0.15) is 4.31 Å². The van der Waals surface area contributed by atoms with Gasteiger partial charge in [-0.05, 0) is 74.9 Å². The van der Waals surface area contributed by atoms with Crippen molar-refractivity contribution in [1.29, 1.82) is 0 Å². The van der Waals surface area contributed by atoms with Gasteiger partial charge in [0.1, 0.15) is 0 Å². The molecule has 1 atom stereocenters. The lowest BCUT2D eigenvalue weighted by atomic mass is 10.0. The maximum absolute atomic E-state index is 12.9. The molecule has 0 spiro atoms. The minimum Gasteiger partial charge on any atom is -0.346 e. The first-order valence-electron chi connectivity index (χ1n) is 9.69. The summed E-state index contributed by atoms with van der Waals surface area (Å²) >= 11 is 0. The fourth-order valence-corrected chi connectivity index (χ4v) is 5.02. The first kappa shape index (κ1) is 20.6. The Kier molecular flexibility index (Phi) is 5.91. The molecule has 1 heterocycles. The summed E-state index contributed by atoms with van der Waals surface area (Å²) < 4.78 is 27.2. The van der Waals surface area contributed by atoms with E-state index in [0.29, 0.717) is 18.7 Å². The Balaban J connectivity index is 1.84. The van der Waals surface area contributed by atoms with Crippen LogP contribution in [0.2, 0.25) is 0 Å². The van der Waals surface area contributed by atoms with Crippen molar-refractivity contribution in [3.63, 3.8) is 0 Å². The molecule has 0 aliphatic carbocycles. The molecular weight excluding hydrogens is 372 g/mol. The Morgan fingerprint density at radius 1 is 0.964 bits per heavy atom. The van der Waals surface area contributed by atoms with Crippen molar-refractivity contribution in [1.82, 2.24) is 9.62 Å². The van der Waals surface area contributed by atoms with E-state index < -0.39 is 10.0 Å². The molecule has 0 unspecified atom stereocenters. The number of nitrogens with one attached hydrogen (secondary N) is 1. The van der Waals surface area contributed by atoms with Crippen molar-refractivity contribution in [3.05, 3.63) is 64.2 Å². The highest BCUT2D eigenvalue weighted by atomic mass is 32.2. The average Bonchev–Trinajstić information content (AvgIpc) is 3.19. The summed E-state index contributed by atoms with van der Waals surface area (Å²) in [5, 5.41) is 3.00. The molecule has 5 nitrogen and oxygen atoms in total. The van der Waals surface area contributed by atoms with Crippen LogP contribution in [-0.2, 0) is 10.0 Å². The molecule has 6 heteroatoms. The molecule has 1 aliphatic heterocycles. The van der Waals surface area contributed by atoms with Crippen LogP contribution in [-0.4, -0.2) is 31.7 Å². The zero-order chi connectivity index (χ0) is 20.5. The van der Waals surface area contributed by atoms with E-state index in [9.17, 15) is 13.2 Å². The highest BCUT2D eigenvalue weighted by Crippen LogP contribution is 2.24. The van der Waals surface area contributed by atoms with Gasteiger partial charge in [0.2, 0.25) is 10.0 Å². The van der Waals surface area contributed by atoms with E-state index in [1.807, 2.05) is 32.9 Å². The van der Waals surface area contributed by atoms with E-state index in [1.54, 1.807) is 12.1 Å². The number of amides is 1. The van der Waals surface area contributed by atoms with E-state index in [-0.39, 0.29) is 16.8 Å². The van der Waals surface area contributed by atoms with Crippen LogP contribution in [0.3, 0.4) is 0 Å². The van der Waals surface area contributed by atoms with Crippen LogP contribution >= 0.6 is 0 Å². The van der Waals surface area contributed by atoms with Crippen LogP contribution in [0.15, 0.2) is 41.3 Å². The van der Waals surface area contributed by atoms with Crippen molar-refractivity contribution >= 4 is 15.9 Å². The standard InChI is InChI=1S/C22H28N2O3S/c1-15-7-9-19(13-17(15)3)18(4)23-22(25)21-14-20(10-8-16(21)2)28(26,27)24-11-5-6-12-24/h7-10,13-14,18H,5-6,11-12H2,1-4H3,(H,23,25)/t18-/m1/s1. The van der Waals surface area contributed by atoms with Crippen molar-refractivity contribution in [2.75, 3.05) is 13.1 Å². The minimum absolute atomic E-state index is 0.176. The lowest BCUT2D eigenvalue weighted by Gasteiger charge is -2.19. The number of benzene rings is 2. The lowest BCUT2D eigenvalue weighted by Crippen LogP contribution is -2.29. The molecule has 1 saturated heterocycles. The Labute approximate surface area is 167 Å². The number of rotatable bonds is 5. The molecule has 0 aromatic heterocycles. The highest BCUT2D eigenvalue weighted by molar-refractivity contribution is 7.89. The quantitative estimate of drug-likeness (QED) is 0.828. The molecule has 2 aromatic carbocycles. The van der Waals surface area contributed by atoms with E-state index in [1.165, 1.54) is 21.5 Å². The second-order valence-corrected chi connectivity index (χ2v) is 9.56. The van der Waals surface area contributed by atoms with Gasteiger partial charge < -0.3 is 5.32 Å². The van der Waals surface area contributed by atoms with Crippen LogP contribution in [0, 0.1) is 20.8 Å². The van der Waals surface area contributed by atoms with Gasteiger partial charge in [0.15, 0.2) is 0 Å². The van der Waals surface area contributed by atoms with Gasteiger partial charge in [-0.25, -0.2) is 8.42 Å². The Bertz CT molecular complexity index is 993. The molecule has 1 fully saturated rings. The van der Waals surface area contributed by atoms with Crippen molar-refractivity contribution in [2.24, 2.45) is 0 Å². The predicted octanol–water partition coefficient (Wildman–Crippen LogP) is 3.89. The van der Waals surface area contributed by atoms with E-state index in [2.05, 4.69) is 18.3 Å². The number of carbonyl (C=O) groups excluding carboxylic acids is 1. The second-order valence-electron chi connectivity index (χ2n) is 7.63. The molecular formula is C22H28N2O3S. The number of carbonyl (C=O) groups is 1. The Morgan fingerprint density at radius 2 is 1.61 bits per heavy atom. The third kappa shape index (κ3) is 4.13. The van der Waals surface area contributed by atoms with Crippen LogP contribution in [0.5, 0.6) is 0 Å². The van der Waals surface area contributed by atoms with Crippen LogP contribution in [0.4, 0.5) is 0 Å². The smallest absolute Gasteiger partial charge is 0.252 e. The average molecular weight is 401 g/mol. The Morgan fingerprint density at radius 3 is 2.25 bits per heavy atom. The van der Waals surface area contributed by atoms with Crippen LogP contribution < -0.4 is 5.32 Å². The van der Waals surface area contributed by atoms with Gasteiger partial charge in [-0.15, -0.1) is 0 Å².